The van der Waals surface area contributed by atoms with Crippen LogP contribution in [0.1, 0.15) is 44.8 Å². The van der Waals surface area contributed by atoms with Crippen LogP contribution in [0.4, 0.5) is 0 Å². The minimum atomic E-state index is -0.521. The fourth-order valence-electron chi connectivity index (χ4n) is 1.89. The van der Waals surface area contributed by atoms with Crippen molar-refractivity contribution in [3.05, 3.63) is 33.8 Å². The molecule has 0 saturated heterocycles. The van der Waals surface area contributed by atoms with Crippen molar-refractivity contribution in [2.45, 2.75) is 39.2 Å². The molecule has 0 amide bonds. The van der Waals surface area contributed by atoms with Crippen LogP contribution in [0.5, 0.6) is 0 Å². The number of aliphatic hydroxyl groups is 1. The third kappa shape index (κ3) is 3.97. The van der Waals surface area contributed by atoms with Crippen molar-refractivity contribution in [1.82, 2.24) is 0 Å². The molecule has 0 aromatic heterocycles. The lowest BCUT2D eigenvalue weighted by Crippen LogP contribution is -2.05. The van der Waals surface area contributed by atoms with Crippen LogP contribution < -0.4 is 0 Å². The van der Waals surface area contributed by atoms with Gasteiger partial charge in [-0.1, -0.05) is 49.9 Å². The molecule has 0 spiro atoms. The van der Waals surface area contributed by atoms with Crippen LogP contribution in [-0.2, 0) is 0 Å². The maximum absolute atomic E-state index is 10.1. The first-order chi connectivity index (χ1) is 7.54. The van der Waals surface area contributed by atoms with Crippen LogP contribution in [0, 0.1) is 5.92 Å². The van der Waals surface area contributed by atoms with Crippen molar-refractivity contribution < 1.29 is 5.11 Å². The van der Waals surface area contributed by atoms with Crippen LogP contribution in [0.25, 0.3) is 0 Å². The molecule has 0 aliphatic heterocycles. The third-order valence-corrected chi connectivity index (χ3v) is 3.30. The van der Waals surface area contributed by atoms with E-state index in [0.717, 1.165) is 24.8 Å². The summed E-state index contributed by atoms with van der Waals surface area (Å²) in [5, 5.41) is 11.3. The maximum Gasteiger partial charge on any atom is 0.0807 e. The summed E-state index contributed by atoms with van der Waals surface area (Å²) in [4.78, 5) is 0. The van der Waals surface area contributed by atoms with Gasteiger partial charge in [-0.05, 0) is 30.5 Å². The molecule has 0 bridgehead atoms. The van der Waals surface area contributed by atoms with E-state index in [0.29, 0.717) is 16.0 Å². The lowest BCUT2D eigenvalue weighted by atomic mass is 9.95. The molecule has 0 fully saturated rings. The van der Waals surface area contributed by atoms with Gasteiger partial charge in [-0.3, -0.25) is 0 Å². The van der Waals surface area contributed by atoms with Crippen molar-refractivity contribution in [3.8, 4) is 0 Å². The summed E-state index contributed by atoms with van der Waals surface area (Å²) in [5.74, 6) is 0.495. The quantitative estimate of drug-likeness (QED) is 0.803. The molecule has 16 heavy (non-hydrogen) atoms. The molecule has 1 aromatic rings. The Balaban J connectivity index is 2.72. The Hall–Kier alpha value is -0.240. The summed E-state index contributed by atoms with van der Waals surface area (Å²) in [7, 11) is 0. The Morgan fingerprint density at radius 3 is 2.62 bits per heavy atom. The van der Waals surface area contributed by atoms with Gasteiger partial charge in [-0.25, -0.2) is 0 Å². The second-order valence-electron chi connectivity index (χ2n) is 4.31. The molecule has 1 rings (SSSR count). The first-order valence-electron chi connectivity index (χ1n) is 5.67. The largest absolute Gasteiger partial charge is 0.388 e. The molecule has 0 aliphatic rings. The summed E-state index contributed by atoms with van der Waals surface area (Å²) >= 11 is 11.9. The van der Waals surface area contributed by atoms with Gasteiger partial charge in [0.1, 0.15) is 0 Å². The summed E-state index contributed by atoms with van der Waals surface area (Å²) in [6.45, 7) is 4.29. The first-order valence-corrected chi connectivity index (χ1v) is 6.43. The van der Waals surface area contributed by atoms with Gasteiger partial charge in [0.2, 0.25) is 0 Å². The Kier molecular flexibility index (Phi) is 5.60. The fourth-order valence-corrected chi connectivity index (χ4v) is 2.31. The molecule has 0 saturated carbocycles. The van der Waals surface area contributed by atoms with E-state index in [1.54, 1.807) is 18.2 Å². The molecule has 90 valence electrons. The van der Waals surface area contributed by atoms with E-state index in [9.17, 15) is 5.11 Å². The molecule has 1 aromatic carbocycles. The van der Waals surface area contributed by atoms with Crippen LogP contribution in [-0.4, -0.2) is 5.11 Å². The number of hydrogen-bond donors (Lipinski definition) is 1. The SMILES string of the molecule is CCCC(C)CC(O)c1cc(Cl)ccc1Cl. The van der Waals surface area contributed by atoms with Crippen LogP contribution in [0.3, 0.4) is 0 Å². The Morgan fingerprint density at radius 2 is 2.00 bits per heavy atom. The van der Waals surface area contributed by atoms with E-state index in [2.05, 4.69) is 13.8 Å². The Bertz CT molecular complexity index is 339. The van der Waals surface area contributed by atoms with Crippen molar-refractivity contribution in [3.63, 3.8) is 0 Å². The molecule has 0 aliphatic carbocycles. The van der Waals surface area contributed by atoms with Gasteiger partial charge >= 0.3 is 0 Å². The smallest absolute Gasteiger partial charge is 0.0807 e. The fraction of sp³-hybridized carbons (Fsp3) is 0.538. The normalized spacial score (nSPS) is 14.8. The summed E-state index contributed by atoms with van der Waals surface area (Å²) < 4.78 is 0. The van der Waals surface area contributed by atoms with Crippen LogP contribution in [0.15, 0.2) is 18.2 Å². The van der Waals surface area contributed by atoms with E-state index in [1.807, 2.05) is 0 Å². The standard InChI is InChI=1S/C13H18Cl2O/c1-3-4-9(2)7-13(16)11-8-10(14)5-6-12(11)15/h5-6,8-9,13,16H,3-4,7H2,1-2H3. The van der Waals surface area contributed by atoms with Gasteiger partial charge in [0.15, 0.2) is 0 Å². The molecule has 2 atom stereocenters. The highest BCUT2D eigenvalue weighted by atomic mass is 35.5. The predicted molar refractivity (Wildman–Crippen MR) is 70.1 cm³/mol. The van der Waals surface area contributed by atoms with E-state index in [1.165, 1.54) is 0 Å². The van der Waals surface area contributed by atoms with Crippen molar-refractivity contribution in [1.29, 1.82) is 0 Å². The molecule has 0 heterocycles. The molecular weight excluding hydrogens is 243 g/mol. The topological polar surface area (TPSA) is 20.2 Å². The maximum atomic E-state index is 10.1. The monoisotopic (exact) mass is 260 g/mol. The molecule has 1 N–H and O–H groups in total. The summed E-state index contributed by atoms with van der Waals surface area (Å²) in [6, 6.07) is 5.20. The predicted octanol–water partition coefficient (Wildman–Crippen LogP) is 4.85. The van der Waals surface area contributed by atoms with Gasteiger partial charge in [-0.15, -0.1) is 0 Å². The van der Waals surface area contributed by atoms with Crippen LogP contribution in [0.2, 0.25) is 10.0 Å². The number of aliphatic hydroxyl groups excluding tert-OH is 1. The number of rotatable bonds is 5. The average molecular weight is 261 g/mol. The van der Waals surface area contributed by atoms with Gasteiger partial charge in [0.25, 0.3) is 0 Å². The molecule has 2 unspecified atom stereocenters. The van der Waals surface area contributed by atoms with E-state index >= 15 is 0 Å². The Labute approximate surface area is 107 Å². The van der Waals surface area contributed by atoms with Crippen molar-refractivity contribution in [2.24, 2.45) is 5.92 Å². The van der Waals surface area contributed by atoms with Gasteiger partial charge < -0.3 is 5.11 Å². The van der Waals surface area contributed by atoms with E-state index in [4.69, 9.17) is 23.2 Å². The van der Waals surface area contributed by atoms with Crippen molar-refractivity contribution in [2.75, 3.05) is 0 Å². The van der Waals surface area contributed by atoms with Crippen LogP contribution >= 0.6 is 23.2 Å². The average Bonchev–Trinajstić information content (AvgIpc) is 2.21. The third-order valence-electron chi connectivity index (χ3n) is 2.72. The highest BCUT2D eigenvalue weighted by molar-refractivity contribution is 6.33. The second kappa shape index (κ2) is 6.48. The number of benzene rings is 1. The minimum Gasteiger partial charge on any atom is -0.388 e. The highest BCUT2D eigenvalue weighted by Crippen LogP contribution is 2.30. The first kappa shape index (κ1) is 13.8. The lowest BCUT2D eigenvalue weighted by molar-refractivity contribution is 0.145. The molecular formula is C13H18Cl2O. The Morgan fingerprint density at radius 1 is 1.31 bits per heavy atom. The van der Waals surface area contributed by atoms with Gasteiger partial charge in [-0.2, -0.15) is 0 Å². The lowest BCUT2D eigenvalue weighted by Gasteiger charge is -2.17. The van der Waals surface area contributed by atoms with Gasteiger partial charge in [0, 0.05) is 15.6 Å². The number of halogens is 2. The zero-order chi connectivity index (χ0) is 12.1. The zero-order valence-corrected chi connectivity index (χ0v) is 11.2. The molecule has 1 nitrogen and oxygen atoms in total. The molecule has 0 radical (unpaired) electrons. The highest BCUT2D eigenvalue weighted by Gasteiger charge is 2.15. The second-order valence-corrected chi connectivity index (χ2v) is 5.15. The van der Waals surface area contributed by atoms with E-state index in [-0.39, 0.29) is 0 Å². The van der Waals surface area contributed by atoms with Crippen molar-refractivity contribution >= 4 is 23.2 Å². The zero-order valence-electron chi connectivity index (χ0n) is 9.71. The summed E-state index contributed by atoms with van der Waals surface area (Å²) in [6.07, 6.45) is 2.47. The minimum absolute atomic E-state index is 0.495. The molecule has 3 heteroatoms. The summed E-state index contributed by atoms with van der Waals surface area (Å²) in [5.41, 5.74) is 0.733. The van der Waals surface area contributed by atoms with Gasteiger partial charge in [0.05, 0.1) is 6.10 Å². The van der Waals surface area contributed by atoms with E-state index < -0.39 is 6.10 Å². The number of hydrogen-bond acceptors (Lipinski definition) is 1.